The Kier molecular flexibility index (Phi) is 3.88. The number of aromatic hydroxyl groups is 1. The molecule has 1 aliphatic heterocycles. The minimum absolute atomic E-state index is 0.276. The fraction of sp³-hybridized carbons (Fsp3) is 0.294. The Bertz CT molecular complexity index is 562. The lowest BCUT2D eigenvalue weighted by molar-refractivity contribution is 0.304. The average Bonchev–Trinajstić information content (AvgIpc) is 3.00. The molecule has 1 fully saturated rings. The first kappa shape index (κ1) is 13.0. The second-order valence-electron chi connectivity index (χ2n) is 5.14. The number of phenolic OH excluding ortho intramolecular Hbond substituents is 1. The van der Waals surface area contributed by atoms with Crippen molar-refractivity contribution in [1.29, 1.82) is 0 Å². The van der Waals surface area contributed by atoms with E-state index in [0.29, 0.717) is 18.1 Å². The summed E-state index contributed by atoms with van der Waals surface area (Å²) in [5.74, 6) is 1.02. The van der Waals surface area contributed by atoms with Crippen molar-refractivity contribution in [2.24, 2.45) is 0 Å². The van der Waals surface area contributed by atoms with Gasteiger partial charge in [0.15, 0.2) is 0 Å². The summed E-state index contributed by atoms with van der Waals surface area (Å²) in [6.45, 7) is 1.54. The minimum atomic E-state index is 0.276. The van der Waals surface area contributed by atoms with Crippen molar-refractivity contribution in [3.8, 4) is 11.5 Å². The lowest BCUT2D eigenvalue weighted by Gasteiger charge is -2.14. The molecule has 1 atom stereocenters. The maximum absolute atomic E-state index is 10.1. The van der Waals surface area contributed by atoms with E-state index in [0.717, 1.165) is 30.5 Å². The molecule has 0 amide bonds. The number of ether oxygens (including phenoxy) is 1. The lowest BCUT2D eigenvalue weighted by Crippen LogP contribution is -2.12. The molecule has 1 heterocycles. The molecule has 0 radical (unpaired) electrons. The fourth-order valence-corrected chi connectivity index (χ4v) is 2.60. The summed E-state index contributed by atoms with van der Waals surface area (Å²) < 4.78 is 5.71. The van der Waals surface area contributed by atoms with Crippen LogP contribution in [-0.2, 0) is 6.61 Å². The minimum Gasteiger partial charge on any atom is -0.507 e. The molecule has 2 N–H and O–H groups in total. The Labute approximate surface area is 119 Å². The highest BCUT2D eigenvalue weighted by Gasteiger charge is 2.19. The highest BCUT2D eigenvalue weighted by Crippen LogP contribution is 2.32. The fourth-order valence-electron chi connectivity index (χ4n) is 2.60. The van der Waals surface area contributed by atoms with Crippen LogP contribution in [-0.4, -0.2) is 11.7 Å². The van der Waals surface area contributed by atoms with E-state index >= 15 is 0 Å². The molecule has 3 rings (SSSR count). The van der Waals surface area contributed by atoms with Gasteiger partial charge in [0.05, 0.1) is 0 Å². The van der Waals surface area contributed by atoms with Gasteiger partial charge >= 0.3 is 0 Å². The van der Waals surface area contributed by atoms with Crippen molar-refractivity contribution in [1.82, 2.24) is 5.32 Å². The Balaban J connectivity index is 1.67. The molecular formula is C17H19NO2. The van der Waals surface area contributed by atoms with Gasteiger partial charge in [-0.3, -0.25) is 0 Å². The van der Waals surface area contributed by atoms with Gasteiger partial charge in [0, 0.05) is 17.7 Å². The number of rotatable bonds is 4. The molecule has 2 aromatic carbocycles. The van der Waals surface area contributed by atoms with Crippen LogP contribution in [0.4, 0.5) is 0 Å². The van der Waals surface area contributed by atoms with E-state index in [1.807, 2.05) is 42.5 Å². The first-order chi connectivity index (χ1) is 9.83. The topological polar surface area (TPSA) is 41.5 Å². The molecule has 1 aliphatic rings. The van der Waals surface area contributed by atoms with Gasteiger partial charge < -0.3 is 15.2 Å². The molecule has 104 valence electrons. The maximum Gasteiger partial charge on any atom is 0.124 e. The molecule has 3 nitrogen and oxygen atoms in total. The van der Waals surface area contributed by atoms with E-state index in [2.05, 4.69) is 5.32 Å². The number of benzene rings is 2. The smallest absolute Gasteiger partial charge is 0.124 e. The molecule has 0 aliphatic carbocycles. The largest absolute Gasteiger partial charge is 0.507 e. The zero-order valence-corrected chi connectivity index (χ0v) is 11.4. The number of hydrogen-bond donors (Lipinski definition) is 2. The van der Waals surface area contributed by atoms with Crippen molar-refractivity contribution < 1.29 is 9.84 Å². The molecular weight excluding hydrogens is 250 g/mol. The summed E-state index contributed by atoms with van der Waals surface area (Å²) in [5, 5.41) is 13.5. The molecule has 0 aromatic heterocycles. The molecule has 0 spiro atoms. The van der Waals surface area contributed by atoms with Crippen LogP contribution in [0.2, 0.25) is 0 Å². The van der Waals surface area contributed by atoms with E-state index in [9.17, 15) is 5.11 Å². The first-order valence-electron chi connectivity index (χ1n) is 7.06. The summed E-state index contributed by atoms with van der Waals surface area (Å²) in [5.41, 5.74) is 2.09. The van der Waals surface area contributed by atoms with Gasteiger partial charge in [-0.1, -0.05) is 36.4 Å². The van der Waals surface area contributed by atoms with Gasteiger partial charge in [-0.2, -0.15) is 0 Å². The zero-order valence-electron chi connectivity index (χ0n) is 11.4. The van der Waals surface area contributed by atoms with Crippen LogP contribution in [0, 0.1) is 0 Å². The summed E-state index contributed by atoms with van der Waals surface area (Å²) in [6.07, 6.45) is 2.24. The van der Waals surface area contributed by atoms with Gasteiger partial charge in [0.25, 0.3) is 0 Å². The van der Waals surface area contributed by atoms with Gasteiger partial charge in [0.2, 0.25) is 0 Å². The predicted octanol–water partition coefficient (Wildman–Crippen LogP) is 3.40. The normalized spacial score (nSPS) is 18.1. The third-order valence-electron chi connectivity index (χ3n) is 3.69. The Morgan fingerprint density at radius 1 is 1.15 bits per heavy atom. The Hall–Kier alpha value is -2.00. The van der Waals surface area contributed by atoms with E-state index in [1.165, 1.54) is 0 Å². The summed E-state index contributed by atoms with van der Waals surface area (Å²) in [4.78, 5) is 0. The second kappa shape index (κ2) is 5.97. The molecule has 0 unspecified atom stereocenters. The summed E-state index contributed by atoms with van der Waals surface area (Å²) >= 11 is 0. The number of hydrogen-bond acceptors (Lipinski definition) is 3. The van der Waals surface area contributed by atoms with Crippen molar-refractivity contribution in [3.05, 3.63) is 59.7 Å². The van der Waals surface area contributed by atoms with Crippen LogP contribution < -0.4 is 10.1 Å². The van der Waals surface area contributed by atoms with Crippen LogP contribution in [0.1, 0.15) is 30.0 Å². The SMILES string of the molecule is Oc1cc(OCc2ccccc2)ccc1[C@@H]1CCCN1. The predicted molar refractivity (Wildman–Crippen MR) is 78.9 cm³/mol. The summed E-state index contributed by atoms with van der Waals surface area (Å²) in [7, 11) is 0. The van der Waals surface area contributed by atoms with E-state index in [1.54, 1.807) is 6.07 Å². The lowest BCUT2D eigenvalue weighted by atomic mass is 10.0. The Morgan fingerprint density at radius 2 is 2.00 bits per heavy atom. The number of phenols is 1. The van der Waals surface area contributed by atoms with Crippen LogP contribution in [0.15, 0.2) is 48.5 Å². The molecule has 2 aromatic rings. The quantitative estimate of drug-likeness (QED) is 0.894. The molecule has 0 bridgehead atoms. The van der Waals surface area contributed by atoms with Gasteiger partial charge in [-0.25, -0.2) is 0 Å². The highest BCUT2D eigenvalue weighted by molar-refractivity contribution is 5.41. The van der Waals surface area contributed by atoms with E-state index in [-0.39, 0.29) is 6.04 Å². The maximum atomic E-state index is 10.1. The molecule has 20 heavy (non-hydrogen) atoms. The first-order valence-corrected chi connectivity index (χ1v) is 7.06. The van der Waals surface area contributed by atoms with Crippen LogP contribution in [0.3, 0.4) is 0 Å². The van der Waals surface area contributed by atoms with Gasteiger partial charge in [-0.15, -0.1) is 0 Å². The van der Waals surface area contributed by atoms with Crippen molar-refractivity contribution in [2.45, 2.75) is 25.5 Å². The molecule has 0 saturated carbocycles. The van der Waals surface area contributed by atoms with E-state index in [4.69, 9.17) is 4.74 Å². The van der Waals surface area contributed by atoms with Gasteiger partial charge in [0.1, 0.15) is 18.1 Å². The van der Waals surface area contributed by atoms with Crippen molar-refractivity contribution >= 4 is 0 Å². The average molecular weight is 269 g/mol. The standard InChI is InChI=1S/C17H19NO2/c19-17-11-14(20-12-13-5-2-1-3-6-13)8-9-15(17)16-7-4-10-18-16/h1-3,5-6,8-9,11,16,18-19H,4,7,10,12H2/t16-/m0/s1. The Morgan fingerprint density at radius 3 is 2.70 bits per heavy atom. The zero-order chi connectivity index (χ0) is 13.8. The highest BCUT2D eigenvalue weighted by atomic mass is 16.5. The second-order valence-corrected chi connectivity index (χ2v) is 5.14. The van der Waals surface area contributed by atoms with Gasteiger partial charge in [-0.05, 0) is 31.0 Å². The van der Waals surface area contributed by atoms with Crippen LogP contribution in [0.25, 0.3) is 0 Å². The van der Waals surface area contributed by atoms with Crippen molar-refractivity contribution in [3.63, 3.8) is 0 Å². The van der Waals surface area contributed by atoms with Crippen molar-refractivity contribution in [2.75, 3.05) is 6.54 Å². The molecule has 3 heteroatoms. The number of nitrogens with one attached hydrogen (secondary N) is 1. The van der Waals surface area contributed by atoms with E-state index < -0.39 is 0 Å². The van der Waals surface area contributed by atoms with Crippen LogP contribution >= 0.6 is 0 Å². The molecule has 1 saturated heterocycles. The third kappa shape index (κ3) is 2.94. The van der Waals surface area contributed by atoms with Crippen LogP contribution in [0.5, 0.6) is 11.5 Å². The summed E-state index contributed by atoms with van der Waals surface area (Å²) in [6, 6.07) is 15.9. The monoisotopic (exact) mass is 269 g/mol. The third-order valence-corrected chi connectivity index (χ3v) is 3.69.